The molecule has 6 nitrogen and oxygen atoms in total. The molecule has 0 unspecified atom stereocenters. The molecule has 132 valence electrons. The number of amides is 2. The second-order valence-corrected chi connectivity index (χ2v) is 7.26. The minimum Gasteiger partial charge on any atom is -0.345 e. The summed E-state index contributed by atoms with van der Waals surface area (Å²) in [5, 5.41) is 4.16. The van der Waals surface area contributed by atoms with Gasteiger partial charge in [-0.1, -0.05) is 6.42 Å². The Morgan fingerprint density at radius 3 is 2.46 bits per heavy atom. The van der Waals surface area contributed by atoms with Crippen LogP contribution in [0.2, 0.25) is 0 Å². The Bertz CT molecular complexity index is 586. The summed E-state index contributed by atoms with van der Waals surface area (Å²) in [6.45, 7) is 2.19. The van der Waals surface area contributed by atoms with Gasteiger partial charge in [-0.3, -0.25) is 14.3 Å². The molecule has 1 saturated heterocycles. The van der Waals surface area contributed by atoms with E-state index in [9.17, 15) is 9.59 Å². The van der Waals surface area contributed by atoms with Gasteiger partial charge in [0, 0.05) is 51.8 Å². The van der Waals surface area contributed by atoms with Crippen LogP contribution in [0, 0.1) is 11.8 Å². The fourth-order valence-corrected chi connectivity index (χ4v) is 3.58. The number of rotatable bonds is 5. The molecule has 1 saturated carbocycles. The molecule has 2 aliphatic rings. The zero-order valence-corrected chi connectivity index (χ0v) is 14.8. The number of aryl methyl sites for hydroxylation is 1. The van der Waals surface area contributed by atoms with Gasteiger partial charge < -0.3 is 9.80 Å². The minimum atomic E-state index is 0.0642. The van der Waals surface area contributed by atoms with E-state index < -0.39 is 0 Å². The van der Waals surface area contributed by atoms with Crippen molar-refractivity contribution in [1.29, 1.82) is 0 Å². The second-order valence-electron chi connectivity index (χ2n) is 7.26. The maximum atomic E-state index is 12.6. The molecule has 1 aliphatic heterocycles. The number of carbonyl (C=O) groups excluding carboxylic acids is 2. The first-order chi connectivity index (χ1) is 11.5. The summed E-state index contributed by atoms with van der Waals surface area (Å²) in [6.07, 6.45) is 9.56. The van der Waals surface area contributed by atoms with Gasteiger partial charge in [0.15, 0.2) is 0 Å². The minimum absolute atomic E-state index is 0.0642. The summed E-state index contributed by atoms with van der Waals surface area (Å²) in [5.41, 5.74) is 1.15. The maximum absolute atomic E-state index is 12.6. The van der Waals surface area contributed by atoms with Gasteiger partial charge in [0.2, 0.25) is 11.8 Å². The van der Waals surface area contributed by atoms with Crippen LogP contribution >= 0.6 is 0 Å². The van der Waals surface area contributed by atoms with Crippen molar-refractivity contribution in [2.24, 2.45) is 18.9 Å². The topological polar surface area (TPSA) is 58.4 Å². The van der Waals surface area contributed by atoms with Crippen molar-refractivity contribution in [2.75, 3.05) is 26.7 Å². The summed E-state index contributed by atoms with van der Waals surface area (Å²) in [7, 11) is 3.78. The monoisotopic (exact) mass is 332 g/mol. The van der Waals surface area contributed by atoms with Crippen molar-refractivity contribution in [3.05, 3.63) is 18.0 Å². The maximum Gasteiger partial charge on any atom is 0.225 e. The van der Waals surface area contributed by atoms with Crippen molar-refractivity contribution in [2.45, 2.75) is 38.5 Å². The molecule has 0 bridgehead atoms. The first kappa shape index (κ1) is 17.0. The summed E-state index contributed by atoms with van der Waals surface area (Å²) >= 11 is 0. The molecule has 6 heteroatoms. The average molecular weight is 332 g/mol. The molecule has 3 rings (SSSR count). The number of likely N-dealkylation sites (tertiary alicyclic amines) is 1. The van der Waals surface area contributed by atoms with Crippen molar-refractivity contribution in [1.82, 2.24) is 19.6 Å². The highest BCUT2D eigenvalue weighted by atomic mass is 16.2. The highest BCUT2D eigenvalue weighted by molar-refractivity contribution is 5.81. The van der Waals surface area contributed by atoms with Crippen molar-refractivity contribution < 1.29 is 9.59 Å². The van der Waals surface area contributed by atoms with Crippen LogP contribution in [0.3, 0.4) is 0 Å². The standard InChI is InChI=1S/C18H28N4O2/c1-20(9-6-14-12-19-21(2)13-14)17(23)16-7-10-22(11-8-16)18(24)15-4-3-5-15/h12-13,15-16H,3-11H2,1-2H3. The van der Waals surface area contributed by atoms with Gasteiger partial charge in [-0.05, 0) is 37.7 Å². The van der Waals surface area contributed by atoms with Gasteiger partial charge in [-0.2, -0.15) is 5.10 Å². The van der Waals surface area contributed by atoms with E-state index in [2.05, 4.69) is 5.10 Å². The van der Waals surface area contributed by atoms with Crippen LogP contribution in [0.4, 0.5) is 0 Å². The third kappa shape index (κ3) is 3.79. The van der Waals surface area contributed by atoms with Crippen LogP contribution in [-0.2, 0) is 23.1 Å². The summed E-state index contributed by atoms with van der Waals surface area (Å²) < 4.78 is 1.78. The molecule has 0 N–H and O–H groups in total. The average Bonchev–Trinajstić information content (AvgIpc) is 2.96. The van der Waals surface area contributed by atoms with Crippen LogP contribution in [0.25, 0.3) is 0 Å². The largest absolute Gasteiger partial charge is 0.345 e. The number of nitrogens with zero attached hydrogens (tertiary/aromatic N) is 4. The lowest BCUT2D eigenvalue weighted by Crippen LogP contribution is -2.46. The third-order valence-electron chi connectivity index (χ3n) is 5.48. The van der Waals surface area contributed by atoms with Gasteiger partial charge in [0.05, 0.1) is 6.20 Å². The Hall–Kier alpha value is -1.85. The van der Waals surface area contributed by atoms with Gasteiger partial charge >= 0.3 is 0 Å². The molecule has 2 fully saturated rings. The van der Waals surface area contributed by atoms with Crippen LogP contribution in [0.1, 0.15) is 37.7 Å². The highest BCUT2D eigenvalue weighted by Crippen LogP contribution is 2.30. The predicted octanol–water partition coefficient (Wildman–Crippen LogP) is 1.46. The fraction of sp³-hybridized carbons (Fsp3) is 0.722. The molecular weight excluding hydrogens is 304 g/mol. The Balaban J connectivity index is 1.43. The molecule has 2 heterocycles. The lowest BCUT2D eigenvalue weighted by Gasteiger charge is -2.37. The number of hydrogen-bond acceptors (Lipinski definition) is 3. The highest BCUT2D eigenvalue weighted by Gasteiger charge is 2.33. The number of hydrogen-bond donors (Lipinski definition) is 0. The summed E-state index contributed by atoms with van der Waals surface area (Å²) in [4.78, 5) is 28.7. The summed E-state index contributed by atoms with van der Waals surface area (Å²) in [6, 6.07) is 0. The molecule has 0 spiro atoms. The summed E-state index contributed by atoms with van der Waals surface area (Å²) in [5.74, 6) is 0.862. The molecule has 0 aromatic carbocycles. The third-order valence-corrected chi connectivity index (χ3v) is 5.48. The van der Waals surface area contributed by atoms with E-state index >= 15 is 0 Å². The van der Waals surface area contributed by atoms with E-state index in [0.717, 1.165) is 50.8 Å². The Labute approximate surface area is 143 Å². The Morgan fingerprint density at radius 1 is 1.21 bits per heavy atom. The van der Waals surface area contributed by atoms with E-state index in [-0.39, 0.29) is 17.7 Å². The molecule has 0 radical (unpaired) electrons. The van der Waals surface area contributed by atoms with Crippen molar-refractivity contribution >= 4 is 11.8 Å². The molecule has 1 aliphatic carbocycles. The molecule has 1 aromatic rings. The lowest BCUT2D eigenvalue weighted by atomic mass is 9.83. The molecule has 2 amide bonds. The first-order valence-corrected chi connectivity index (χ1v) is 9.06. The van der Waals surface area contributed by atoms with Crippen molar-refractivity contribution in [3.63, 3.8) is 0 Å². The van der Waals surface area contributed by atoms with E-state index in [1.807, 2.05) is 36.3 Å². The number of carbonyl (C=O) groups is 2. The van der Waals surface area contributed by atoms with Crippen LogP contribution < -0.4 is 0 Å². The molecule has 0 atom stereocenters. The Kier molecular flexibility index (Phi) is 5.21. The zero-order chi connectivity index (χ0) is 17.1. The van der Waals surface area contributed by atoms with Gasteiger partial charge in [-0.25, -0.2) is 0 Å². The SMILES string of the molecule is CN(CCc1cnn(C)c1)C(=O)C1CCN(C(=O)C2CCC2)CC1. The van der Waals surface area contributed by atoms with Gasteiger partial charge in [0.1, 0.15) is 0 Å². The molecule has 1 aromatic heterocycles. The first-order valence-electron chi connectivity index (χ1n) is 9.06. The number of aromatic nitrogens is 2. The number of piperidine rings is 1. The van der Waals surface area contributed by atoms with E-state index in [0.29, 0.717) is 12.5 Å². The normalized spacial score (nSPS) is 19.2. The smallest absolute Gasteiger partial charge is 0.225 e. The zero-order valence-electron chi connectivity index (χ0n) is 14.8. The van der Waals surface area contributed by atoms with Crippen LogP contribution in [-0.4, -0.2) is 58.1 Å². The van der Waals surface area contributed by atoms with Gasteiger partial charge in [0.25, 0.3) is 0 Å². The quantitative estimate of drug-likeness (QED) is 0.820. The van der Waals surface area contributed by atoms with E-state index in [4.69, 9.17) is 0 Å². The number of likely N-dealkylation sites (N-methyl/N-ethyl adjacent to an activating group) is 1. The van der Waals surface area contributed by atoms with Gasteiger partial charge in [-0.15, -0.1) is 0 Å². The van der Waals surface area contributed by atoms with Crippen LogP contribution in [0.5, 0.6) is 0 Å². The second kappa shape index (κ2) is 7.36. The van der Waals surface area contributed by atoms with Crippen molar-refractivity contribution in [3.8, 4) is 0 Å². The van der Waals surface area contributed by atoms with E-state index in [1.165, 1.54) is 6.42 Å². The predicted molar refractivity (Wildman–Crippen MR) is 91.2 cm³/mol. The molecule has 24 heavy (non-hydrogen) atoms. The van der Waals surface area contributed by atoms with E-state index in [1.54, 1.807) is 4.68 Å². The molecular formula is C18H28N4O2. The fourth-order valence-electron chi connectivity index (χ4n) is 3.58. The lowest BCUT2D eigenvalue weighted by molar-refractivity contribution is -0.143. The van der Waals surface area contributed by atoms with Crippen LogP contribution in [0.15, 0.2) is 12.4 Å². The Morgan fingerprint density at radius 2 is 1.92 bits per heavy atom.